The van der Waals surface area contributed by atoms with Crippen LogP contribution in [0.3, 0.4) is 0 Å². The van der Waals surface area contributed by atoms with Gasteiger partial charge in [-0.15, -0.1) is 10.2 Å². The molecule has 7 nitrogen and oxygen atoms in total. The molecule has 0 aliphatic rings. The molecule has 0 saturated carbocycles. The molecular weight excluding hydrogens is 246 g/mol. The third kappa shape index (κ3) is 2.82. The Labute approximate surface area is 111 Å². The Morgan fingerprint density at radius 3 is 2.63 bits per heavy atom. The van der Waals surface area contributed by atoms with Crippen LogP contribution in [0.5, 0.6) is 11.5 Å². The number of aromatic nitrogens is 4. The van der Waals surface area contributed by atoms with Crippen molar-refractivity contribution in [2.45, 2.75) is 5.92 Å². The Morgan fingerprint density at radius 2 is 2.05 bits per heavy atom. The molecule has 19 heavy (non-hydrogen) atoms. The fourth-order valence-corrected chi connectivity index (χ4v) is 1.95. The maximum atomic E-state index is 5.31. The summed E-state index contributed by atoms with van der Waals surface area (Å²) in [5, 5.41) is 17.3. The average Bonchev–Trinajstić information content (AvgIpc) is 2.98. The van der Waals surface area contributed by atoms with Gasteiger partial charge >= 0.3 is 0 Å². The van der Waals surface area contributed by atoms with Gasteiger partial charge in [-0.05, 0) is 24.7 Å². The molecule has 0 radical (unpaired) electrons. The zero-order valence-electron chi connectivity index (χ0n) is 11.2. The van der Waals surface area contributed by atoms with E-state index in [0.717, 1.165) is 5.56 Å². The quantitative estimate of drug-likeness (QED) is 0.792. The minimum atomic E-state index is 0.00329. The molecule has 1 heterocycles. The van der Waals surface area contributed by atoms with Gasteiger partial charge in [-0.1, -0.05) is 11.3 Å². The van der Waals surface area contributed by atoms with Gasteiger partial charge < -0.3 is 14.8 Å². The maximum Gasteiger partial charge on any atom is 0.183 e. The lowest BCUT2D eigenvalue weighted by Gasteiger charge is -2.15. The fraction of sp³-hybridized carbons (Fsp3) is 0.417. The molecule has 0 spiro atoms. The molecule has 0 aliphatic carbocycles. The van der Waals surface area contributed by atoms with Crippen LogP contribution < -0.4 is 14.8 Å². The van der Waals surface area contributed by atoms with Crippen LogP contribution in [-0.2, 0) is 0 Å². The van der Waals surface area contributed by atoms with Gasteiger partial charge in [0.05, 0.1) is 20.1 Å². The lowest BCUT2D eigenvalue weighted by molar-refractivity contribution is 0.354. The van der Waals surface area contributed by atoms with Gasteiger partial charge in [0.1, 0.15) is 0 Å². The monoisotopic (exact) mass is 263 g/mol. The molecule has 7 heteroatoms. The van der Waals surface area contributed by atoms with Gasteiger partial charge in [-0.25, -0.2) is 0 Å². The number of methoxy groups -OCH3 is 2. The van der Waals surface area contributed by atoms with E-state index in [2.05, 4.69) is 25.9 Å². The topological polar surface area (TPSA) is 85.0 Å². The molecule has 2 rings (SSSR count). The summed E-state index contributed by atoms with van der Waals surface area (Å²) in [6, 6.07) is 5.77. The van der Waals surface area contributed by atoms with E-state index in [9.17, 15) is 0 Å². The third-order valence-corrected chi connectivity index (χ3v) is 2.89. The van der Waals surface area contributed by atoms with Gasteiger partial charge in [0.25, 0.3) is 0 Å². The number of nitrogens with zero attached hydrogens (tertiary/aromatic N) is 3. The van der Waals surface area contributed by atoms with Crippen LogP contribution in [0.1, 0.15) is 17.3 Å². The Bertz CT molecular complexity index is 515. The van der Waals surface area contributed by atoms with Crippen LogP contribution in [0.15, 0.2) is 18.2 Å². The summed E-state index contributed by atoms with van der Waals surface area (Å²) in [7, 11) is 5.11. The Morgan fingerprint density at radius 1 is 1.26 bits per heavy atom. The minimum Gasteiger partial charge on any atom is -0.493 e. The van der Waals surface area contributed by atoms with Crippen molar-refractivity contribution < 1.29 is 9.47 Å². The molecule has 1 aromatic carbocycles. The Kier molecular flexibility index (Phi) is 4.30. The first-order valence-corrected chi connectivity index (χ1v) is 5.90. The molecule has 0 fully saturated rings. The zero-order chi connectivity index (χ0) is 13.7. The van der Waals surface area contributed by atoms with Gasteiger partial charge in [-0.3, -0.25) is 0 Å². The minimum absolute atomic E-state index is 0.00329. The van der Waals surface area contributed by atoms with Gasteiger partial charge in [-0.2, -0.15) is 5.21 Å². The van der Waals surface area contributed by atoms with E-state index in [-0.39, 0.29) is 5.92 Å². The van der Waals surface area contributed by atoms with Gasteiger partial charge in [0.2, 0.25) is 0 Å². The molecule has 0 aliphatic heterocycles. The molecule has 1 aromatic heterocycles. The molecule has 0 bridgehead atoms. The molecule has 2 N–H and O–H groups in total. The van der Waals surface area contributed by atoms with Crippen molar-refractivity contribution in [3.05, 3.63) is 29.6 Å². The van der Waals surface area contributed by atoms with E-state index in [4.69, 9.17) is 9.47 Å². The first-order chi connectivity index (χ1) is 9.30. The second-order valence-electron chi connectivity index (χ2n) is 3.99. The van der Waals surface area contributed by atoms with Crippen molar-refractivity contribution in [1.29, 1.82) is 0 Å². The summed E-state index contributed by atoms with van der Waals surface area (Å²) in [5.74, 6) is 2.03. The number of tetrazole rings is 1. The largest absolute Gasteiger partial charge is 0.493 e. The van der Waals surface area contributed by atoms with Gasteiger partial charge in [0.15, 0.2) is 17.3 Å². The van der Waals surface area contributed by atoms with Crippen molar-refractivity contribution in [2.24, 2.45) is 0 Å². The van der Waals surface area contributed by atoms with Crippen LogP contribution in [0.4, 0.5) is 0 Å². The van der Waals surface area contributed by atoms with Crippen LogP contribution in [0, 0.1) is 0 Å². The van der Waals surface area contributed by atoms with Crippen molar-refractivity contribution in [3.8, 4) is 11.5 Å². The summed E-state index contributed by atoms with van der Waals surface area (Å²) >= 11 is 0. The number of aromatic amines is 1. The fourth-order valence-electron chi connectivity index (χ4n) is 1.95. The number of rotatable bonds is 6. The van der Waals surface area contributed by atoms with E-state index in [1.807, 2.05) is 25.2 Å². The number of H-pyrrole nitrogens is 1. The summed E-state index contributed by atoms with van der Waals surface area (Å²) in [5.41, 5.74) is 1.04. The molecule has 1 unspecified atom stereocenters. The van der Waals surface area contributed by atoms with E-state index < -0.39 is 0 Å². The SMILES string of the molecule is CNCC(c1ccc(OC)c(OC)c1)c1nn[nH]n1. The average molecular weight is 263 g/mol. The smallest absolute Gasteiger partial charge is 0.183 e. The molecule has 0 saturated heterocycles. The number of benzene rings is 1. The highest BCUT2D eigenvalue weighted by Crippen LogP contribution is 2.31. The van der Waals surface area contributed by atoms with Crippen molar-refractivity contribution in [1.82, 2.24) is 25.9 Å². The second-order valence-corrected chi connectivity index (χ2v) is 3.99. The molecular formula is C12H17N5O2. The molecule has 1 atom stereocenters. The standard InChI is InChI=1S/C12H17N5O2/c1-13-7-9(12-14-16-17-15-12)8-4-5-10(18-2)11(6-8)19-3/h4-6,9,13H,7H2,1-3H3,(H,14,15,16,17). The van der Waals surface area contributed by atoms with E-state index in [0.29, 0.717) is 23.9 Å². The summed E-state index contributed by atoms with van der Waals surface area (Å²) in [4.78, 5) is 0. The van der Waals surface area contributed by atoms with Crippen molar-refractivity contribution >= 4 is 0 Å². The predicted octanol–water partition coefficient (Wildman–Crippen LogP) is 0.568. The Balaban J connectivity index is 2.37. The maximum absolute atomic E-state index is 5.31. The first kappa shape index (κ1) is 13.3. The molecule has 2 aromatic rings. The highest BCUT2D eigenvalue weighted by molar-refractivity contribution is 5.45. The highest BCUT2D eigenvalue weighted by Gasteiger charge is 2.19. The summed E-state index contributed by atoms with van der Waals surface area (Å²) in [6.45, 7) is 0.703. The number of hydrogen-bond acceptors (Lipinski definition) is 6. The normalized spacial score (nSPS) is 12.2. The summed E-state index contributed by atoms with van der Waals surface area (Å²) < 4.78 is 10.5. The van der Waals surface area contributed by atoms with Crippen LogP contribution in [0.25, 0.3) is 0 Å². The Hall–Kier alpha value is -2.15. The number of likely N-dealkylation sites (N-methyl/N-ethyl adjacent to an activating group) is 1. The van der Waals surface area contributed by atoms with E-state index in [1.54, 1.807) is 14.2 Å². The number of nitrogens with one attached hydrogen (secondary N) is 2. The third-order valence-electron chi connectivity index (χ3n) is 2.89. The first-order valence-electron chi connectivity index (χ1n) is 5.90. The van der Waals surface area contributed by atoms with Crippen molar-refractivity contribution in [2.75, 3.05) is 27.8 Å². The lowest BCUT2D eigenvalue weighted by Crippen LogP contribution is -2.19. The molecule has 0 amide bonds. The number of hydrogen-bond donors (Lipinski definition) is 2. The van der Waals surface area contributed by atoms with E-state index in [1.165, 1.54) is 0 Å². The van der Waals surface area contributed by atoms with Crippen molar-refractivity contribution in [3.63, 3.8) is 0 Å². The van der Waals surface area contributed by atoms with Gasteiger partial charge in [0, 0.05) is 6.54 Å². The van der Waals surface area contributed by atoms with Crippen LogP contribution >= 0.6 is 0 Å². The second kappa shape index (κ2) is 6.14. The predicted molar refractivity (Wildman–Crippen MR) is 69.5 cm³/mol. The van der Waals surface area contributed by atoms with E-state index >= 15 is 0 Å². The lowest BCUT2D eigenvalue weighted by atomic mass is 9.98. The van der Waals surface area contributed by atoms with Crippen LogP contribution in [-0.4, -0.2) is 48.4 Å². The summed E-state index contributed by atoms with van der Waals surface area (Å²) in [6.07, 6.45) is 0. The molecule has 102 valence electrons. The zero-order valence-corrected chi connectivity index (χ0v) is 11.2. The van der Waals surface area contributed by atoms with Crippen LogP contribution in [0.2, 0.25) is 0 Å². The highest BCUT2D eigenvalue weighted by atomic mass is 16.5. The number of ether oxygens (including phenoxy) is 2.